The highest BCUT2D eigenvalue weighted by atomic mass is 35.5. The third-order valence-corrected chi connectivity index (χ3v) is 6.86. The largest absolute Gasteiger partial charge is 0.417 e. The van der Waals surface area contributed by atoms with Crippen LogP contribution < -0.4 is 10.6 Å². The summed E-state index contributed by atoms with van der Waals surface area (Å²) in [6.45, 7) is -0.915. The van der Waals surface area contributed by atoms with Crippen molar-refractivity contribution in [2.24, 2.45) is 5.92 Å². The molecule has 1 aliphatic carbocycles. The second kappa shape index (κ2) is 10.1. The standard InChI is InChI=1S/C21H13Cl4F7N2O2/c22-12-5-8(1-2-13(12)26)14-15(20(14,24)25)18(36)34-9-6-10(16(23)11(7-9)21(30,31)32)17(35)33-4-3-19(27,28)29/h1-2,5-7,14-15H,3-4H2,(H,33,35)(H,34,36). The number of carbonyl (C=O) groups is 2. The Hall–Kier alpha value is -1.95. The smallest absolute Gasteiger partial charge is 0.352 e. The van der Waals surface area contributed by atoms with Crippen LogP contribution in [0.25, 0.3) is 0 Å². The maximum Gasteiger partial charge on any atom is 0.417 e. The van der Waals surface area contributed by atoms with Gasteiger partial charge in [0, 0.05) is 18.2 Å². The Bertz CT molecular complexity index is 1200. The fourth-order valence-corrected chi connectivity index (χ4v) is 4.79. The Balaban J connectivity index is 1.87. The van der Waals surface area contributed by atoms with Gasteiger partial charge in [-0.1, -0.05) is 29.3 Å². The van der Waals surface area contributed by atoms with E-state index in [9.17, 15) is 40.3 Å². The van der Waals surface area contributed by atoms with Gasteiger partial charge in [0.05, 0.1) is 33.5 Å². The van der Waals surface area contributed by atoms with Crippen LogP contribution in [-0.2, 0) is 11.0 Å². The predicted molar refractivity (Wildman–Crippen MR) is 120 cm³/mol. The van der Waals surface area contributed by atoms with Crippen molar-refractivity contribution in [3.05, 3.63) is 62.9 Å². The van der Waals surface area contributed by atoms with E-state index < -0.39 is 81.0 Å². The first-order chi connectivity index (χ1) is 16.4. The predicted octanol–water partition coefficient (Wildman–Crippen LogP) is 7.36. The number of alkyl halides is 8. The molecule has 0 spiro atoms. The number of anilines is 1. The minimum atomic E-state index is -5.07. The van der Waals surface area contributed by atoms with Crippen molar-refractivity contribution >= 4 is 63.9 Å². The second-order valence-electron chi connectivity index (χ2n) is 7.80. The summed E-state index contributed by atoms with van der Waals surface area (Å²) in [4.78, 5) is 25.1. The molecule has 3 rings (SSSR count). The van der Waals surface area contributed by atoms with E-state index in [2.05, 4.69) is 5.32 Å². The van der Waals surface area contributed by atoms with Crippen LogP contribution in [-0.4, -0.2) is 28.9 Å². The van der Waals surface area contributed by atoms with E-state index in [-0.39, 0.29) is 5.02 Å². The highest BCUT2D eigenvalue weighted by Gasteiger charge is 2.67. The highest BCUT2D eigenvalue weighted by Crippen LogP contribution is 2.65. The number of carbonyl (C=O) groups excluding carboxylic acids is 2. The van der Waals surface area contributed by atoms with Crippen LogP contribution in [0.3, 0.4) is 0 Å². The molecule has 1 fully saturated rings. The molecule has 0 saturated heterocycles. The molecule has 2 aromatic rings. The molecular weight excluding hydrogens is 587 g/mol. The molecular formula is C21H13Cl4F7N2O2. The molecule has 0 heterocycles. The molecule has 1 saturated carbocycles. The van der Waals surface area contributed by atoms with Crippen molar-refractivity contribution in [3.8, 4) is 0 Å². The van der Waals surface area contributed by atoms with Crippen molar-refractivity contribution in [1.29, 1.82) is 0 Å². The number of hydrogen-bond donors (Lipinski definition) is 2. The van der Waals surface area contributed by atoms with Crippen LogP contribution in [0, 0.1) is 11.7 Å². The van der Waals surface area contributed by atoms with Crippen LogP contribution in [0.4, 0.5) is 36.4 Å². The molecule has 0 aliphatic heterocycles. The molecule has 2 unspecified atom stereocenters. The molecule has 2 atom stereocenters. The van der Waals surface area contributed by atoms with Gasteiger partial charge in [-0.2, -0.15) is 26.3 Å². The molecule has 196 valence electrons. The molecule has 0 radical (unpaired) electrons. The van der Waals surface area contributed by atoms with Crippen molar-refractivity contribution in [2.45, 2.75) is 29.0 Å². The van der Waals surface area contributed by atoms with Gasteiger partial charge in [-0.05, 0) is 29.8 Å². The minimum absolute atomic E-state index is 0.267. The molecule has 2 N–H and O–H groups in total. The van der Waals surface area contributed by atoms with E-state index in [0.717, 1.165) is 12.1 Å². The average molecular weight is 600 g/mol. The zero-order valence-electron chi connectivity index (χ0n) is 17.4. The van der Waals surface area contributed by atoms with Crippen LogP contribution in [0.1, 0.15) is 33.8 Å². The molecule has 2 amide bonds. The van der Waals surface area contributed by atoms with E-state index in [1.807, 2.05) is 5.32 Å². The van der Waals surface area contributed by atoms with Crippen molar-refractivity contribution in [3.63, 3.8) is 0 Å². The molecule has 2 aromatic carbocycles. The normalized spacial score (nSPS) is 19.1. The summed E-state index contributed by atoms with van der Waals surface area (Å²) >= 11 is 23.8. The zero-order chi connectivity index (χ0) is 27.2. The second-order valence-corrected chi connectivity index (χ2v) is 10.0. The number of nitrogens with one attached hydrogen (secondary N) is 2. The van der Waals surface area contributed by atoms with Gasteiger partial charge in [0.1, 0.15) is 10.2 Å². The maximum absolute atomic E-state index is 13.5. The highest BCUT2D eigenvalue weighted by molar-refractivity contribution is 6.53. The first kappa shape index (κ1) is 28.6. The van der Waals surface area contributed by atoms with E-state index in [1.165, 1.54) is 12.1 Å². The summed E-state index contributed by atoms with van der Waals surface area (Å²) < 4.78 is 89.3. The van der Waals surface area contributed by atoms with E-state index in [0.29, 0.717) is 11.6 Å². The van der Waals surface area contributed by atoms with Crippen LogP contribution in [0.15, 0.2) is 30.3 Å². The fourth-order valence-electron chi connectivity index (χ4n) is 3.47. The Morgan fingerprint density at radius 3 is 2.19 bits per heavy atom. The van der Waals surface area contributed by atoms with Gasteiger partial charge in [0.2, 0.25) is 5.91 Å². The van der Waals surface area contributed by atoms with Gasteiger partial charge in [-0.3, -0.25) is 9.59 Å². The summed E-state index contributed by atoms with van der Waals surface area (Å²) in [5.74, 6) is -5.09. The topological polar surface area (TPSA) is 58.2 Å². The minimum Gasteiger partial charge on any atom is -0.352 e. The molecule has 36 heavy (non-hydrogen) atoms. The first-order valence-corrected chi connectivity index (χ1v) is 11.3. The van der Waals surface area contributed by atoms with Crippen molar-refractivity contribution in [1.82, 2.24) is 5.32 Å². The van der Waals surface area contributed by atoms with Gasteiger partial charge < -0.3 is 10.6 Å². The number of halogens is 11. The monoisotopic (exact) mass is 598 g/mol. The van der Waals surface area contributed by atoms with Crippen LogP contribution >= 0.6 is 46.4 Å². The Kier molecular flexibility index (Phi) is 8.01. The molecule has 0 aromatic heterocycles. The molecule has 1 aliphatic rings. The van der Waals surface area contributed by atoms with Crippen LogP contribution in [0.5, 0.6) is 0 Å². The van der Waals surface area contributed by atoms with Gasteiger partial charge in [0.15, 0.2) is 0 Å². The number of rotatable bonds is 6. The Morgan fingerprint density at radius 2 is 1.64 bits per heavy atom. The SMILES string of the molecule is O=C(NCCC(F)(F)F)c1cc(NC(=O)C2C(c3ccc(F)c(Cl)c3)C2(Cl)Cl)cc(C(F)(F)F)c1Cl. The van der Waals surface area contributed by atoms with Crippen LogP contribution in [0.2, 0.25) is 10.0 Å². The molecule has 15 heteroatoms. The first-order valence-electron chi connectivity index (χ1n) is 9.82. The lowest BCUT2D eigenvalue weighted by atomic mass is 10.1. The van der Waals surface area contributed by atoms with Gasteiger partial charge in [-0.15, -0.1) is 23.2 Å². The number of hydrogen-bond acceptors (Lipinski definition) is 2. The molecule has 0 bridgehead atoms. The number of amides is 2. The lowest BCUT2D eigenvalue weighted by Gasteiger charge is -2.16. The third-order valence-electron chi connectivity index (χ3n) is 5.22. The number of benzene rings is 2. The summed E-state index contributed by atoms with van der Waals surface area (Å²) in [6, 6.07) is 4.72. The summed E-state index contributed by atoms with van der Waals surface area (Å²) in [7, 11) is 0. The Morgan fingerprint density at radius 1 is 1.00 bits per heavy atom. The van der Waals surface area contributed by atoms with Gasteiger partial charge >= 0.3 is 12.4 Å². The summed E-state index contributed by atoms with van der Waals surface area (Å²) in [6.07, 6.45) is -11.1. The third kappa shape index (κ3) is 6.30. The van der Waals surface area contributed by atoms with Gasteiger partial charge in [0.25, 0.3) is 5.91 Å². The van der Waals surface area contributed by atoms with E-state index in [1.54, 1.807) is 0 Å². The lowest BCUT2D eigenvalue weighted by Crippen LogP contribution is -2.29. The average Bonchev–Trinajstić information content (AvgIpc) is 3.31. The van der Waals surface area contributed by atoms with Gasteiger partial charge in [-0.25, -0.2) is 4.39 Å². The fraction of sp³-hybridized carbons (Fsp3) is 0.333. The van der Waals surface area contributed by atoms with Crippen molar-refractivity contribution in [2.75, 3.05) is 11.9 Å². The lowest BCUT2D eigenvalue weighted by molar-refractivity contribution is -0.137. The molecule has 4 nitrogen and oxygen atoms in total. The zero-order valence-corrected chi connectivity index (χ0v) is 20.5. The summed E-state index contributed by atoms with van der Waals surface area (Å²) in [5, 5.41) is 2.66. The van der Waals surface area contributed by atoms with Crippen molar-refractivity contribution < 1.29 is 40.3 Å². The summed E-state index contributed by atoms with van der Waals surface area (Å²) in [5.41, 5.74) is -2.57. The maximum atomic E-state index is 13.5. The van der Waals surface area contributed by atoms with E-state index in [4.69, 9.17) is 46.4 Å². The quantitative estimate of drug-likeness (QED) is 0.269. The van der Waals surface area contributed by atoms with E-state index >= 15 is 0 Å². The Labute approximate surface area is 219 Å².